The molecule has 1 unspecified atom stereocenters. The van der Waals surface area contributed by atoms with Crippen LogP contribution in [-0.2, 0) is 9.84 Å². The van der Waals surface area contributed by atoms with E-state index in [0.717, 1.165) is 0 Å². The highest BCUT2D eigenvalue weighted by molar-refractivity contribution is 7.91. The van der Waals surface area contributed by atoms with Crippen LogP contribution in [0.2, 0.25) is 0 Å². The molecule has 0 aromatic heterocycles. The van der Waals surface area contributed by atoms with Crippen molar-refractivity contribution in [2.75, 3.05) is 11.5 Å². The first-order valence-electron chi connectivity index (χ1n) is 4.15. The van der Waals surface area contributed by atoms with Crippen LogP contribution in [0.25, 0.3) is 0 Å². The summed E-state index contributed by atoms with van der Waals surface area (Å²) in [4.78, 5) is 0.00417. The summed E-state index contributed by atoms with van der Waals surface area (Å²) in [6, 6.07) is 6.06. The normalized spacial score (nSPS) is 13.9. The summed E-state index contributed by atoms with van der Waals surface area (Å²) in [5.74, 6) is -0.527. The minimum Gasteiger partial charge on any atom is -0.398 e. The zero-order valence-electron chi connectivity index (χ0n) is 7.77. The van der Waals surface area contributed by atoms with Crippen molar-refractivity contribution in [3.8, 4) is 0 Å². The molecule has 1 rings (SSSR count). The first-order valence-corrected chi connectivity index (χ1v) is 5.80. The molecule has 1 atom stereocenters. The zero-order chi connectivity index (χ0) is 10.8. The number of benzene rings is 1. The lowest BCUT2D eigenvalue weighted by molar-refractivity contribution is 0.391. The number of rotatable bonds is 3. The maximum Gasteiger partial charge on any atom is 0.183 e. The number of hydrogen-bond acceptors (Lipinski definition) is 3. The third kappa shape index (κ3) is 2.45. The Morgan fingerprint density at radius 1 is 1.43 bits per heavy atom. The topological polar surface area (TPSA) is 60.2 Å². The van der Waals surface area contributed by atoms with E-state index in [1.165, 1.54) is 19.1 Å². The molecule has 0 aliphatic heterocycles. The number of hydrogen-bond donors (Lipinski definition) is 1. The number of anilines is 1. The minimum absolute atomic E-state index is 0.00417. The van der Waals surface area contributed by atoms with Gasteiger partial charge in [-0.1, -0.05) is 12.1 Å². The van der Waals surface area contributed by atoms with Gasteiger partial charge in [-0.3, -0.25) is 0 Å². The van der Waals surface area contributed by atoms with Crippen molar-refractivity contribution >= 4 is 15.5 Å². The van der Waals surface area contributed by atoms with Gasteiger partial charge in [0.05, 0.1) is 16.3 Å². The minimum atomic E-state index is -3.59. The molecule has 2 N–H and O–H groups in total. The monoisotopic (exact) mass is 217 g/mol. The molecule has 5 heteroatoms. The van der Waals surface area contributed by atoms with E-state index in [1.807, 2.05) is 0 Å². The second-order valence-electron chi connectivity index (χ2n) is 3.10. The summed E-state index contributed by atoms with van der Waals surface area (Å²) in [5, 5.41) is 0. The smallest absolute Gasteiger partial charge is 0.183 e. The molecule has 1 aromatic carbocycles. The van der Waals surface area contributed by atoms with Crippen LogP contribution in [0.1, 0.15) is 6.92 Å². The molecule has 0 saturated carbocycles. The Balaban J connectivity index is 3.11. The molecule has 0 heterocycles. The van der Waals surface area contributed by atoms with Crippen LogP contribution >= 0.6 is 0 Å². The van der Waals surface area contributed by atoms with Crippen molar-refractivity contribution in [3.05, 3.63) is 24.3 Å². The van der Waals surface area contributed by atoms with Gasteiger partial charge < -0.3 is 5.73 Å². The molecule has 0 aliphatic carbocycles. The van der Waals surface area contributed by atoms with Crippen LogP contribution in [0.15, 0.2) is 29.2 Å². The molecule has 0 bridgehead atoms. The van der Waals surface area contributed by atoms with Crippen molar-refractivity contribution in [3.63, 3.8) is 0 Å². The van der Waals surface area contributed by atoms with Gasteiger partial charge >= 0.3 is 0 Å². The van der Waals surface area contributed by atoms with E-state index >= 15 is 0 Å². The van der Waals surface area contributed by atoms with E-state index in [2.05, 4.69) is 0 Å². The second kappa shape index (κ2) is 3.96. The van der Waals surface area contributed by atoms with Gasteiger partial charge in [-0.05, 0) is 19.1 Å². The number of para-hydroxylation sites is 1. The summed E-state index contributed by atoms with van der Waals surface area (Å²) in [7, 11) is -3.59. The van der Waals surface area contributed by atoms with Gasteiger partial charge in [0.2, 0.25) is 0 Å². The lowest BCUT2D eigenvalue weighted by atomic mass is 10.3. The van der Waals surface area contributed by atoms with Gasteiger partial charge in [0.25, 0.3) is 0 Å². The fraction of sp³-hybridized carbons (Fsp3) is 0.333. The largest absolute Gasteiger partial charge is 0.398 e. The molecule has 0 aliphatic rings. The number of nitrogen functional groups attached to an aromatic ring is 1. The standard InChI is InChI=1S/C9H12FNO2S/c1-7(10)6-14(12,13)9-5-3-2-4-8(9)11/h2-5,7H,6,11H2,1H3. The highest BCUT2D eigenvalue weighted by Crippen LogP contribution is 2.19. The Morgan fingerprint density at radius 3 is 2.50 bits per heavy atom. The lowest BCUT2D eigenvalue weighted by Gasteiger charge is -2.07. The maximum atomic E-state index is 12.6. The van der Waals surface area contributed by atoms with E-state index < -0.39 is 21.8 Å². The molecule has 3 nitrogen and oxygen atoms in total. The average Bonchev–Trinajstić information content (AvgIpc) is 2.02. The summed E-state index contributed by atoms with van der Waals surface area (Å²) in [6.07, 6.45) is -1.39. The summed E-state index contributed by atoms with van der Waals surface area (Å²) >= 11 is 0. The van der Waals surface area contributed by atoms with Crippen LogP contribution < -0.4 is 5.73 Å². The first kappa shape index (κ1) is 11.0. The highest BCUT2D eigenvalue weighted by Gasteiger charge is 2.19. The van der Waals surface area contributed by atoms with E-state index in [1.54, 1.807) is 12.1 Å². The Kier molecular flexibility index (Phi) is 3.10. The molecule has 0 saturated heterocycles. The predicted octanol–water partition coefficient (Wildman–Crippen LogP) is 1.40. The summed E-state index contributed by atoms with van der Waals surface area (Å²) in [6.45, 7) is 1.21. The van der Waals surface area contributed by atoms with Crippen molar-refractivity contribution in [1.29, 1.82) is 0 Å². The number of nitrogens with two attached hydrogens (primary N) is 1. The van der Waals surface area contributed by atoms with E-state index in [-0.39, 0.29) is 10.6 Å². The Hall–Kier alpha value is -1.10. The Bertz CT molecular complexity index is 415. The Labute approximate surface area is 82.7 Å². The van der Waals surface area contributed by atoms with E-state index in [9.17, 15) is 12.8 Å². The maximum absolute atomic E-state index is 12.6. The molecular weight excluding hydrogens is 205 g/mol. The fourth-order valence-electron chi connectivity index (χ4n) is 1.16. The van der Waals surface area contributed by atoms with Crippen LogP contribution in [-0.4, -0.2) is 20.3 Å². The van der Waals surface area contributed by atoms with Gasteiger partial charge in [-0.15, -0.1) is 0 Å². The molecule has 0 amide bonds. The second-order valence-corrected chi connectivity index (χ2v) is 5.10. The van der Waals surface area contributed by atoms with Crippen LogP contribution in [0.3, 0.4) is 0 Å². The average molecular weight is 217 g/mol. The van der Waals surface area contributed by atoms with Gasteiger partial charge in [0.15, 0.2) is 9.84 Å². The van der Waals surface area contributed by atoms with Crippen molar-refractivity contribution in [2.24, 2.45) is 0 Å². The van der Waals surface area contributed by atoms with Crippen molar-refractivity contribution in [2.45, 2.75) is 18.0 Å². The van der Waals surface area contributed by atoms with E-state index in [4.69, 9.17) is 5.73 Å². The summed E-state index contributed by atoms with van der Waals surface area (Å²) in [5.41, 5.74) is 5.64. The molecule has 78 valence electrons. The van der Waals surface area contributed by atoms with Crippen molar-refractivity contribution in [1.82, 2.24) is 0 Å². The molecule has 0 radical (unpaired) electrons. The number of halogens is 1. The van der Waals surface area contributed by atoms with Crippen LogP contribution in [0.5, 0.6) is 0 Å². The van der Waals surface area contributed by atoms with Gasteiger partial charge in [0.1, 0.15) is 6.17 Å². The van der Waals surface area contributed by atoms with Gasteiger partial charge in [0, 0.05) is 0 Å². The number of sulfone groups is 1. The predicted molar refractivity (Wildman–Crippen MR) is 53.5 cm³/mol. The van der Waals surface area contributed by atoms with Crippen LogP contribution in [0, 0.1) is 0 Å². The summed E-state index contributed by atoms with van der Waals surface area (Å²) < 4.78 is 35.7. The molecule has 0 spiro atoms. The number of alkyl halides is 1. The van der Waals surface area contributed by atoms with Gasteiger partial charge in [-0.2, -0.15) is 0 Å². The molecule has 14 heavy (non-hydrogen) atoms. The van der Waals surface area contributed by atoms with E-state index in [0.29, 0.717) is 0 Å². The quantitative estimate of drug-likeness (QED) is 0.778. The van der Waals surface area contributed by atoms with Crippen molar-refractivity contribution < 1.29 is 12.8 Å². The van der Waals surface area contributed by atoms with Gasteiger partial charge in [-0.25, -0.2) is 12.8 Å². The third-order valence-electron chi connectivity index (χ3n) is 1.70. The Morgan fingerprint density at radius 2 is 2.00 bits per heavy atom. The third-order valence-corrected chi connectivity index (χ3v) is 3.64. The molecule has 1 aromatic rings. The van der Waals surface area contributed by atoms with Crippen LogP contribution in [0.4, 0.5) is 10.1 Å². The zero-order valence-corrected chi connectivity index (χ0v) is 8.59. The molecule has 0 fully saturated rings. The highest BCUT2D eigenvalue weighted by atomic mass is 32.2. The fourth-order valence-corrected chi connectivity index (χ4v) is 2.65. The molecular formula is C9H12FNO2S. The SMILES string of the molecule is CC(F)CS(=O)(=O)c1ccccc1N. The first-order chi connectivity index (χ1) is 6.43. The lowest BCUT2D eigenvalue weighted by Crippen LogP contribution is -2.15.